The van der Waals surface area contributed by atoms with Gasteiger partial charge in [-0.2, -0.15) is 0 Å². The van der Waals surface area contributed by atoms with Gasteiger partial charge in [-0.3, -0.25) is 4.79 Å². The molecule has 0 radical (unpaired) electrons. The molecule has 1 amide bonds. The van der Waals surface area contributed by atoms with Crippen molar-refractivity contribution in [1.82, 2.24) is 5.32 Å². The van der Waals surface area contributed by atoms with Gasteiger partial charge in [-0.05, 0) is 49.8 Å². The molecule has 0 bridgehead atoms. The van der Waals surface area contributed by atoms with E-state index >= 15 is 0 Å². The van der Waals surface area contributed by atoms with Gasteiger partial charge in [0.15, 0.2) is 9.84 Å². The summed E-state index contributed by atoms with van der Waals surface area (Å²) in [4.78, 5) is 12.5. The van der Waals surface area contributed by atoms with Gasteiger partial charge < -0.3 is 11.1 Å². The SMILES string of the molecule is N[C@@H]1CCCC[C@@H]1C(=O)NCC1CC(S(=O)(=O)c2cccc(Cl)c2)C1. The second-order valence-corrected chi connectivity index (χ2v) is 9.93. The van der Waals surface area contributed by atoms with E-state index in [1.807, 2.05) is 0 Å². The van der Waals surface area contributed by atoms with Crippen molar-refractivity contribution in [2.24, 2.45) is 17.6 Å². The van der Waals surface area contributed by atoms with Crippen LogP contribution < -0.4 is 11.1 Å². The predicted molar refractivity (Wildman–Crippen MR) is 98.1 cm³/mol. The molecule has 0 unspecified atom stereocenters. The van der Waals surface area contributed by atoms with Gasteiger partial charge >= 0.3 is 0 Å². The highest BCUT2D eigenvalue weighted by atomic mass is 35.5. The van der Waals surface area contributed by atoms with E-state index < -0.39 is 9.84 Å². The van der Waals surface area contributed by atoms with Crippen LogP contribution in [-0.4, -0.2) is 32.2 Å². The van der Waals surface area contributed by atoms with E-state index in [-0.39, 0.29) is 33.9 Å². The van der Waals surface area contributed by atoms with Gasteiger partial charge in [0.2, 0.25) is 5.91 Å². The summed E-state index contributed by atoms with van der Waals surface area (Å²) in [5, 5.41) is 3.01. The number of nitrogens with two attached hydrogens (primary N) is 1. The van der Waals surface area contributed by atoms with Crippen molar-refractivity contribution in [3.05, 3.63) is 29.3 Å². The first-order valence-corrected chi connectivity index (χ1v) is 10.8. The van der Waals surface area contributed by atoms with Crippen molar-refractivity contribution in [3.63, 3.8) is 0 Å². The van der Waals surface area contributed by atoms with E-state index in [0.29, 0.717) is 24.4 Å². The standard InChI is InChI=1S/C18H25ClN2O3S/c19-13-4-3-5-14(10-13)25(23,24)15-8-12(9-15)11-21-18(22)16-6-1-2-7-17(16)20/h3-5,10,12,15-17H,1-2,6-9,11,20H2,(H,21,22)/t12?,15?,16-,17+/m0/s1. The topological polar surface area (TPSA) is 89.3 Å². The predicted octanol–water partition coefficient (Wildman–Crippen LogP) is 2.53. The van der Waals surface area contributed by atoms with Crippen LogP contribution >= 0.6 is 11.6 Å². The maximum atomic E-state index is 12.6. The molecule has 0 aromatic heterocycles. The van der Waals surface area contributed by atoms with Crippen LogP contribution in [0.25, 0.3) is 0 Å². The summed E-state index contributed by atoms with van der Waals surface area (Å²) >= 11 is 5.89. The number of sulfone groups is 1. The third-order valence-electron chi connectivity index (χ3n) is 5.48. The zero-order valence-electron chi connectivity index (χ0n) is 14.2. The van der Waals surface area contributed by atoms with Crippen LogP contribution in [0, 0.1) is 11.8 Å². The molecule has 2 atom stereocenters. The summed E-state index contributed by atoms with van der Waals surface area (Å²) in [6, 6.07) is 6.34. The van der Waals surface area contributed by atoms with Gasteiger partial charge in [0.25, 0.3) is 0 Å². The number of carbonyl (C=O) groups is 1. The normalized spacial score (nSPS) is 29.7. The number of amides is 1. The highest BCUT2D eigenvalue weighted by Gasteiger charge is 2.40. The molecule has 0 aliphatic heterocycles. The van der Waals surface area contributed by atoms with Crippen LogP contribution in [-0.2, 0) is 14.6 Å². The minimum Gasteiger partial charge on any atom is -0.356 e. The molecule has 3 N–H and O–H groups in total. The molecule has 0 heterocycles. The molecule has 138 valence electrons. The maximum absolute atomic E-state index is 12.6. The average Bonchev–Trinajstić information content (AvgIpc) is 2.53. The molecular formula is C18H25ClN2O3S. The van der Waals surface area contributed by atoms with Crippen LogP contribution in [0.5, 0.6) is 0 Å². The summed E-state index contributed by atoms with van der Waals surface area (Å²) in [7, 11) is -3.34. The Labute approximate surface area is 154 Å². The molecule has 1 aromatic rings. The Hall–Kier alpha value is -1.11. The molecule has 7 heteroatoms. The number of benzene rings is 1. The fraction of sp³-hybridized carbons (Fsp3) is 0.611. The van der Waals surface area contributed by atoms with Crippen molar-refractivity contribution >= 4 is 27.3 Å². The molecule has 0 saturated heterocycles. The van der Waals surface area contributed by atoms with Gasteiger partial charge in [-0.15, -0.1) is 0 Å². The monoisotopic (exact) mass is 384 g/mol. The third kappa shape index (κ3) is 4.18. The Morgan fingerprint density at radius 1 is 1.24 bits per heavy atom. The first kappa shape index (κ1) is 18.7. The quantitative estimate of drug-likeness (QED) is 0.816. The Bertz CT molecular complexity index is 732. The van der Waals surface area contributed by atoms with Gasteiger partial charge in [0, 0.05) is 17.6 Å². The summed E-state index contributed by atoms with van der Waals surface area (Å²) < 4.78 is 25.2. The van der Waals surface area contributed by atoms with Gasteiger partial charge in [-0.1, -0.05) is 30.5 Å². The van der Waals surface area contributed by atoms with Crippen molar-refractivity contribution in [1.29, 1.82) is 0 Å². The fourth-order valence-electron chi connectivity index (χ4n) is 3.79. The van der Waals surface area contributed by atoms with E-state index in [2.05, 4.69) is 5.32 Å². The molecule has 1 aromatic carbocycles. The Balaban J connectivity index is 1.48. The lowest BCUT2D eigenvalue weighted by Crippen LogP contribution is -2.47. The second kappa shape index (κ2) is 7.64. The molecule has 3 rings (SSSR count). The van der Waals surface area contributed by atoms with E-state index in [4.69, 9.17) is 17.3 Å². The third-order valence-corrected chi connectivity index (χ3v) is 7.89. The molecule has 2 fully saturated rings. The van der Waals surface area contributed by atoms with Crippen LogP contribution in [0.3, 0.4) is 0 Å². The highest BCUT2D eigenvalue weighted by molar-refractivity contribution is 7.92. The number of halogens is 1. The first-order valence-electron chi connectivity index (χ1n) is 8.90. The summed E-state index contributed by atoms with van der Waals surface area (Å²) in [5.41, 5.74) is 6.04. The molecular weight excluding hydrogens is 360 g/mol. The molecule has 2 aliphatic rings. The molecule has 0 spiro atoms. The number of rotatable bonds is 5. The summed E-state index contributed by atoms with van der Waals surface area (Å²) in [6.07, 6.45) is 5.05. The lowest BCUT2D eigenvalue weighted by molar-refractivity contribution is -0.126. The van der Waals surface area contributed by atoms with Crippen LogP contribution in [0.1, 0.15) is 38.5 Å². The number of nitrogens with one attached hydrogen (secondary N) is 1. The number of hydrogen-bond donors (Lipinski definition) is 2. The Morgan fingerprint density at radius 3 is 2.64 bits per heavy atom. The van der Waals surface area contributed by atoms with Crippen molar-refractivity contribution in [2.45, 2.75) is 54.7 Å². The van der Waals surface area contributed by atoms with Crippen molar-refractivity contribution in [2.75, 3.05) is 6.54 Å². The molecule has 2 aliphatic carbocycles. The van der Waals surface area contributed by atoms with Gasteiger partial charge in [-0.25, -0.2) is 8.42 Å². The van der Waals surface area contributed by atoms with E-state index in [9.17, 15) is 13.2 Å². The zero-order chi connectivity index (χ0) is 18.0. The van der Waals surface area contributed by atoms with Crippen molar-refractivity contribution < 1.29 is 13.2 Å². The minimum absolute atomic E-state index is 0.0216. The van der Waals surface area contributed by atoms with E-state index in [1.54, 1.807) is 18.2 Å². The van der Waals surface area contributed by atoms with Crippen LogP contribution in [0.4, 0.5) is 0 Å². The van der Waals surface area contributed by atoms with Gasteiger partial charge in [0.05, 0.1) is 16.1 Å². The minimum atomic E-state index is -3.34. The molecule has 2 saturated carbocycles. The summed E-state index contributed by atoms with van der Waals surface area (Å²) in [6.45, 7) is 0.531. The average molecular weight is 385 g/mol. The molecule has 5 nitrogen and oxygen atoms in total. The van der Waals surface area contributed by atoms with Gasteiger partial charge in [0.1, 0.15) is 0 Å². The number of carbonyl (C=O) groups excluding carboxylic acids is 1. The molecule has 25 heavy (non-hydrogen) atoms. The lowest BCUT2D eigenvalue weighted by Gasteiger charge is -2.35. The smallest absolute Gasteiger partial charge is 0.224 e. The van der Waals surface area contributed by atoms with Crippen LogP contribution in [0.2, 0.25) is 5.02 Å². The van der Waals surface area contributed by atoms with E-state index in [1.165, 1.54) is 6.07 Å². The first-order chi connectivity index (χ1) is 11.9. The number of hydrogen-bond acceptors (Lipinski definition) is 4. The Kier molecular flexibility index (Phi) is 5.71. The largest absolute Gasteiger partial charge is 0.356 e. The van der Waals surface area contributed by atoms with E-state index in [0.717, 1.165) is 25.7 Å². The zero-order valence-corrected chi connectivity index (χ0v) is 15.7. The maximum Gasteiger partial charge on any atom is 0.224 e. The Morgan fingerprint density at radius 2 is 1.96 bits per heavy atom. The highest BCUT2D eigenvalue weighted by Crippen LogP contribution is 2.36. The second-order valence-electron chi connectivity index (χ2n) is 7.26. The van der Waals surface area contributed by atoms with Crippen molar-refractivity contribution in [3.8, 4) is 0 Å². The van der Waals surface area contributed by atoms with Crippen LogP contribution in [0.15, 0.2) is 29.2 Å². The lowest BCUT2D eigenvalue weighted by atomic mass is 9.83. The summed E-state index contributed by atoms with van der Waals surface area (Å²) in [5.74, 6) is 0.135. The fourth-order valence-corrected chi connectivity index (χ4v) is 6.04.